The largest absolute Gasteiger partial charge is 0.493 e. The van der Waals surface area contributed by atoms with Gasteiger partial charge in [0.2, 0.25) is 5.91 Å². The van der Waals surface area contributed by atoms with Crippen molar-refractivity contribution in [3.63, 3.8) is 0 Å². The van der Waals surface area contributed by atoms with Gasteiger partial charge in [-0.1, -0.05) is 6.07 Å². The lowest BCUT2D eigenvalue weighted by Crippen LogP contribution is -2.46. The molecule has 0 radical (unpaired) electrons. The van der Waals surface area contributed by atoms with Crippen molar-refractivity contribution >= 4 is 11.9 Å². The Morgan fingerprint density at radius 3 is 2.48 bits per heavy atom. The van der Waals surface area contributed by atoms with Crippen LogP contribution in [0.2, 0.25) is 0 Å². The third-order valence-corrected chi connectivity index (χ3v) is 5.06. The van der Waals surface area contributed by atoms with Crippen molar-refractivity contribution in [2.24, 2.45) is 5.92 Å². The summed E-state index contributed by atoms with van der Waals surface area (Å²) < 4.78 is 15.7. The summed E-state index contributed by atoms with van der Waals surface area (Å²) in [5, 5.41) is 5.81. The molecule has 156 valence electrons. The lowest BCUT2D eigenvalue weighted by molar-refractivity contribution is -0.126. The van der Waals surface area contributed by atoms with Crippen LogP contribution in [-0.2, 0) is 17.9 Å². The van der Waals surface area contributed by atoms with Crippen LogP contribution in [0.5, 0.6) is 11.5 Å². The van der Waals surface area contributed by atoms with Gasteiger partial charge in [-0.05, 0) is 42.7 Å². The first-order valence-corrected chi connectivity index (χ1v) is 9.64. The number of nitrogens with one attached hydrogen (secondary N) is 2. The number of furan rings is 1. The van der Waals surface area contributed by atoms with Crippen molar-refractivity contribution in [1.82, 2.24) is 15.5 Å². The van der Waals surface area contributed by atoms with E-state index < -0.39 is 0 Å². The average molecular weight is 401 g/mol. The predicted molar refractivity (Wildman–Crippen MR) is 107 cm³/mol. The first kappa shape index (κ1) is 20.6. The van der Waals surface area contributed by atoms with Crippen molar-refractivity contribution < 1.29 is 23.5 Å². The van der Waals surface area contributed by atoms with Crippen LogP contribution in [0.15, 0.2) is 41.0 Å². The molecule has 3 rings (SSSR count). The van der Waals surface area contributed by atoms with Crippen LogP contribution >= 0.6 is 0 Å². The maximum absolute atomic E-state index is 12.5. The molecule has 0 unspecified atom stereocenters. The fraction of sp³-hybridized carbons (Fsp3) is 0.429. The number of hydrogen-bond donors (Lipinski definition) is 2. The molecule has 1 saturated heterocycles. The Kier molecular flexibility index (Phi) is 6.99. The molecule has 0 bridgehead atoms. The van der Waals surface area contributed by atoms with Crippen LogP contribution < -0.4 is 20.1 Å². The van der Waals surface area contributed by atoms with E-state index in [0.29, 0.717) is 50.5 Å². The first-order valence-electron chi connectivity index (χ1n) is 9.64. The SMILES string of the molecule is COc1ccc(CNC(=O)N2CCC(C(=O)NCc3ccco3)CC2)cc1OC. The highest BCUT2D eigenvalue weighted by Gasteiger charge is 2.27. The van der Waals surface area contributed by atoms with E-state index in [1.165, 1.54) is 0 Å². The van der Waals surface area contributed by atoms with Gasteiger partial charge in [0.25, 0.3) is 0 Å². The summed E-state index contributed by atoms with van der Waals surface area (Å²) in [4.78, 5) is 26.5. The molecule has 8 nitrogen and oxygen atoms in total. The zero-order valence-corrected chi connectivity index (χ0v) is 16.8. The summed E-state index contributed by atoms with van der Waals surface area (Å²) in [6.07, 6.45) is 2.88. The van der Waals surface area contributed by atoms with Crippen LogP contribution in [0.4, 0.5) is 4.79 Å². The number of nitrogens with zero attached hydrogens (tertiary/aromatic N) is 1. The Balaban J connectivity index is 1.42. The van der Waals surface area contributed by atoms with Crippen LogP contribution in [0.25, 0.3) is 0 Å². The lowest BCUT2D eigenvalue weighted by Gasteiger charge is -2.31. The molecule has 0 spiro atoms. The minimum atomic E-state index is -0.130. The molecule has 0 saturated carbocycles. The highest BCUT2D eigenvalue weighted by molar-refractivity contribution is 5.79. The van der Waals surface area contributed by atoms with Gasteiger partial charge in [-0.2, -0.15) is 0 Å². The van der Waals surface area contributed by atoms with E-state index in [9.17, 15) is 9.59 Å². The summed E-state index contributed by atoms with van der Waals surface area (Å²) in [5.74, 6) is 1.92. The minimum absolute atomic E-state index is 0.00628. The number of urea groups is 1. The number of likely N-dealkylation sites (tertiary alicyclic amines) is 1. The van der Waals surface area contributed by atoms with Gasteiger partial charge in [0.1, 0.15) is 5.76 Å². The zero-order chi connectivity index (χ0) is 20.6. The Labute approximate surface area is 170 Å². The highest BCUT2D eigenvalue weighted by atomic mass is 16.5. The Hall–Kier alpha value is -3.16. The number of benzene rings is 1. The molecule has 2 N–H and O–H groups in total. The number of carbonyl (C=O) groups excluding carboxylic acids is 2. The smallest absolute Gasteiger partial charge is 0.317 e. The molecule has 3 amide bonds. The molecule has 0 atom stereocenters. The van der Waals surface area contributed by atoms with E-state index >= 15 is 0 Å². The molecule has 1 aliphatic heterocycles. The van der Waals surface area contributed by atoms with Gasteiger partial charge >= 0.3 is 6.03 Å². The van der Waals surface area contributed by atoms with Gasteiger partial charge in [0, 0.05) is 25.6 Å². The van der Waals surface area contributed by atoms with Crippen LogP contribution in [0.1, 0.15) is 24.2 Å². The number of methoxy groups -OCH3 is 2. The Bertz CT molecular complexity index is 814. The summed E-state index contributed by atoms with van der Waals surface area (Å²) in [6, 6.07) is 9.03. The number of carbonyl (C=O) groups is 2. The van der Waals surface area contributed by atoms with Crippen molar-refractivity contribution in [2.45, 2.75) is 25.9 Å². The normalized spacial score (nSPS) is 14.3. The van der Waals surface area contributed by atoms with Crippen molar-refractivity contribution in [2.75, 3.05) is 27.3 Å². The average Bonchev–Trinajstić information content (AvgIpc) is 3.29. The van der Waals surface area contributed by atoms with E-state index in [0.717, 1.165) is 11.3 Å². The second-order valence-electron chi connectivity index (χ2n) is 6.91. The summed E-state index contributed by atoms with van der Waals surface area (Å²) in [6.45, 7) is 1.88. The van der Waals surface area contributed by atoms with Gasteiger partial charge in [-0.25, -0.2) is 4.79 Å². The molecule has 1 aromatic carbocycles. The van der Waals surface area contributed by atoms with Gasteiger partial charge in [0.15, 0.2) is 11.5 Å². The van der Waals surface area contributed by atoms with Crippen molar-refractivity contribution in [3.8, 4) is 11.5 Å². The predicted octanol–water partition coefficient (Wildman–Crippen LogP) is 2.53. The number of rotatable bonds is 7. The minimum Gasteiger partial charge on any atom is -0.493 e. The second kappa shape index (κ2) is 9.86. The van der Waals surface area contributed by atoms with Gasteiger partial charge < -0.3 is 29.4 Å². The van der Waals surface area contributed by atoms with E-state index in [4.69, 9.17) is 13.9 Å². The monoisotopic (exact) mass is 401 g/mol. The fourth-order valence-corrected chi connectivity index (χ4v) is 3.36. The molecule has 1 aromatic heterocycles. The first-order chi connectivity index (χ1) is 14.1. The molecule has 1 aliphatic rings. The van der Waals surface area contributed by atoms with Gasteiger partial charge in [-0.15, -0.1) is 0 Å². The molecule has 1 fully saturated rings. The van der Waals surface area contributed by atoms with Crippen molar-refractivity contribution in [3.05, 3.63) is 47.9 Å². The highest BCUT2D eigenvalue weighted by Crippen LogP contribution is 2.27. The van der Waals surface area contributed by atoms with Crippen molar-refractivity contribution in [1.29, 1.82) is 0 Å². The maximum atomic E-state index is 12.5. The summed E-state index contributed by atoms with van der Waals surface area (Å²) in [7, 11) is 3.16. The zero-order valence-electron chi connectivity index (χ0n) is 16.8. The van der Waals surface area contributed by atoms with Crippen LogP contribution in [0.3, 0.4) is 0 Å². The Morgan fingerprint density at radius 2 is 1.83 bits per heavy atom. The van der Waals surface area contributed by atoms with E-state index in [1.54, 1.807) is 31.4 Å². The molecule has 8 heteroatoms. The molecule has 0 aliphatic carbocycles. The van der Waals surface area contributed by atoms with Gasteiger partial charge in [-0.3, -0.25) is 4.79 Å². The van der Waals surface area contributed by atoms with Gasteiger partial charge in [0.05, 0.1) is 27.0 Å². The summed E-state index contributed by atoms with van der Waals surface area (Å²) in [5.41, 5.74) is 0.920. The number of piperidine rings is 1. The quantitative estimate of drug-likeness (QED) is 0.744. The number of hydrogen-bond acceptors (Lipinski definition) is 5. The lowest BCUT2D eigenvalue weighted by atomic mass is 9.96. The molecule has 2 aromatic rings. The molecule has 2 heterocycles. The van der Waals surface area contributed by atoms with E-state index in [1.807, 2.05) is 24.3 Å². The molecule has 29 heavy (non-hydrogen) atoms. The fourth-order valence-electron chi connectivity index (χ4n) is 3.36. The third-order valence-electron chi connectivity index (χ3n) is 5.06. The van der Waals surface area contributed by atoms with E-state index in [-0.39, 0.29) is 17.9 Å². The standard InChI is InChI=1S/C21H27N3O5/c1-27-18-6-5-15(12-19(18)28-2)13-23-21(26)24-9-7-16(8-10-24)20(25)22-14-17-4-3-11-29-17/h3-6,11-12,16H,7-10,13-14H2,1-2H3,(H,22,25)(H,23,26). The third kappa shape index (κ3) is 5.43. The number of amides is 3. The number of ether oxygens (including phenoxy) is 2. The molecular weight excluding hydrogens is 374 g/mol. The maximum Gasteiger partial charge on any atom is 0.317 e. The second-order valence-corrected chi connectivity index (χ2v) is 6.91. The topological polar surface area (TPSA) is 93.0 Å². The van der Waals surface area contributed by atoms with E-state index in [2.05, 4.69) is 10.6 Å². The summed E-state index contributed by atoms with van der Waals surface area (Å²) >= 11 is 0. The van der Waals surface area contributed by atoms with Crippen LogP contribution in [0, 0.1) is 5.92 Å². The Morgan fingerprint density at radius 1 is 1.07 bits per heavy atom. The van der Waals surface area contributed by atoms with Crippen LogP contribution in [-0.4, -0.2) is 44.1 Å². The molecular formula is C21H27N3O5.